The highest BCUT2D eigenvalue weighted by Crippen LogP contribution is 2.34. The minimum absolute atomic E-state index is 0.170. The first-order valence-electron chi connectivity index (χ1n) is 11.3. The van der Waals surface area contributed by atoms with Crippen molar-refractivity contribution in [1.29, 1.82) is 0 Å². The van der Waals surface area contributed by atoms with E-state index in [1.807, 2.05) is 28.5 Å². The highest BCUT2D eigenvalue weighted by molar-refractivity contribution is 7.09. The van der Waals surface area contributed by atoms with Crippen LogP contribution in [0.15, 0.2) is 35.7 Å². The van der Waals surface area contributed by atoms with Gasteiger partial charge in [-0.2, -0.15) is 0 Å². The van der Waals surface area contributed by atoms with E-state index in [2.05, 4.69) is 17.0 Å². The van der Waals surface area contributed by atoms with Gasteiger partial charge >= 0.3 is 0 Å². The molecule has 1 unspecified atom stereocenters. The van der Waals surface area contributed by atoms with Gasteiger partial charge in [-0.25, -0.2) is 4.98 Å². The van der Waals surface area contributed by atoms with Crippen molar-refractivity contribution in [3.8, 4) is 0 Å². The molecule has 1 atom stereocenters. The van der Waals surface area contributed by atoms with E-state index in [0.29, 0.717) is 38.4 Å². The van der Waals surface area contributed by atoms with Gasteiger partial charge in [0.05, 0.1) is 18.8 Å². The molecule has 0 saturated carbocycles. The molecule has 1 aromatic carbocycles. The standard InChI is InChI=1S/C24H33N3O3S/c1-30-17-20-8-5-13-27(20)16-22-25-21(18-31-22)24(29)11-14-26(15-12-24)23(28)10-9-19-6-3-2-4-7-19/h2-4,6-7,18,20,29H,5,8-17H2,1H3. The third-order valence-corrected chi connectivity index (χ3v) is 7.47. The first kappa shape index (κ1) is 22.4. The van der Waals surface area contributed by atoms with Gasteiger partial charge in [-0.1, -0.05) is 30.3 Å². The van der Waals surface area contributed by atoms with Gasteiger partial charge in [-0.15, -0.1) is 11.3 Å². The largest absolute Gasteiger partial charge is 0.383 e. The fourth-order valence-electron chi connectivity index (χ4n) is 4.69. The zero-order valence-corrected chi connectivity index (χ0v) is 19.1. The molecule has 1 amide bonds. The van der Waals surface area contributed by atoms with Crippen molar-refractivity contribution in [3.63, 3.8) is 0 Å². The minimum Gasteiger partial charge on any atom is -0.383 e. The van der Waals surface area contributed by atoms with Crippen LogP contribution in [0.2, 0.25) is 0 Å². The third-order valence-electron chi connectivity index (χ3n) is 6.64. The molecule has 1 N–H and O–H groups in total. The topological polar surface area (TPSA) is 65.9 Å². The minimum atomic E-state index is -0.929. The van der Waals surface area contributed by atoms with Crippen molar-refractivity contribution in [1.82, 2.24) is 14.8 Å². The van der Waals surface area contributed by atoms with Crippen LogP contribution in [0, 0.1) is 0 Å². The SMILES string of the molecule is COCC1CCCN1Cc1nc(C2(O)CCN(C(=O)CCc3ccccc3)CC2)cs1. The Bertz CT molecular complexity index is 849. The molecule has 4 rings (SSSR count). The summed E-state index contributed by atoms with van der Waals surface area (Å²) in [6.07, 6.45) is 4.74. The highest BCUT2D eigenvalue weighted by atomic mass is 32.1. The molecule has 0 aliphatic carbocycles. The van der Waals surface area contributed by atoms with Crippen LogP contribution in [0.3, 0.4) is 0 Å². The Morgan fingerprint density at radius 1 is 1.26 bits per heavy atom. The number of likely N-dealkylation sites (tertiary alicyclic amines) is 2. The summed E-state index contributed by atoms with van der Waals surface area (Å²) in [7, 11) is 1.76. The normalized spacial score (nSPS) is 21.5. The number of piperidine rings is 1. The lowest BCUT2D eigenvalue weighted by atomic mass is 9.88. The summed E-state index contributed by atoms with van der Waals surface area (Å²) in [4.78, 5) is 21.7. The average molecular weight is 444 g/mol. The van der Waals surface area contributed by atoms with E-state index in [4.69, 9.17) is 9.72 Å². The Labute approximate surface area is 188 Å². The van der Waals surface area contributed by atoms with Crippen LogP contribution in [0.4, 0.5) is 0 Å². The molecule has 1 aromatic heterocycles. The Balaban J connectivity index is 1.29. The molecule has 7 heteroatoms. The number of hydrogen-bond acceptors (Lipinski definition) is 6. The van der Waals surface area contributed by atoms with Gasteiger partial charge in [-0.3, -0.25) is 9.69 Å². The molecule has 2 saturated heterocycles. The summed E-state index contributed by atoms with van der Waals surface area (Å²) >= 11 is 1.63. The van der Waals surface area contributed by atoms with Crippen LogP contribution in [-0.2, 0) is 28.1 Å². The number of carbonyl (C=O) groups excluding carboxylic acids is 1. The molecule has 2 aliphatic heterocycles. The lowest BCUT2D eigenvalue weighted by Gasteiger charge is -2.37. The lowest BCUT2D eigenvalue weighted by molar-refractivity contribution is -0.135. The van der Waals surface area contributed by atoms with Crippen LogP contribution in [0.5, 0.6) is 0 Å². The second-order valence-electron chi connectivity index (χ2n) is 8.75. The summed E-state index contributed by atoms with van der Waals surface area (Å²) in [6, 6.07) is 10.6. The van der Waals surface area contributed by atoms with E-state index in [-0.39, 0.29) is 5.91 Å². The summed E-state index contributed by atoms with van der Waals surface area (Å²) < 4.78 is 5.35. The first-order valence-corrected chi connectivity index (χ1v) is 12.2. The van der Waals surface area contributed by atoms with Crippen molar-refractivity contribution < 1.29 is 14.6 Å². The van der Waals surface area contributed by atoms with Crippen LogP contribution in [0.1, 0.15) is 48.4 Å². The van der Waals surface area contributed by atoms with E-state index in [1.165, 1.54) is 18.4 Å². The quantitative estimate of drug-likeness (QED) is 0.679. The number of methoxy groups -OCH3 is 1. The van der Waals surface area contributed by atoms with Crippen molar-refractivity contribution in [3.05, 3.63) is 52.0 Å². The van der Waals surface area contributed by atoms with E-state index in [9.17, 15) is 9.90 Å². The predicted molar refractivity (Wildman–Crippen MR) is 122 cm³/mol. The number of hydrogen-bond donors (Lipinski definition) is 1. The smallest absolute Gasteiger partial charge is 0.222 e. The fourth-order valence-corrected chi connectivity index (χ4v) is 5.60. The number of aryl methyl sites for hydroxylation is 1. The Morgan fingerprint density at radius 2 is 2.03 bits per heavy atom. The molecule has 0 radical (unpaired) electrons. The number of aliphatic hydroxyl groups is 1. The monoisotopic (exact) mass is 443 g/mol. The summed E-state index contributed by atoms with van der Waals surface area (Å²) in [6.45, 7) is 3.82. The van der Waals surface area contributed by atoms with Crippen molar-refractivity contribution in [2.45, 2.75) is 56.7 Å². The first-order chi connectivity index (χ1) is 15.1. The number of ether oxygens (including phenoxy) is 1. The van der Waals surface area contributed by atoms with Gasteiger partial charge in [-0.05, 0) is 44.2 Å². The zero-order chi connectivity index (χ0) is 21.7. The molecule has 2 aliphatic rings. The number of nitrogens with zero attached hydrogens (tertiary/aromatic N) is 3. The fraction of sp³-hybridized carbons (Fsp3) is 0.583. The highest BCUT2D eigenvalue weighted by Gasteiger charge is 2.37. The summed E-state index contributed by atoms with van der Waals surface area (Å²) in [5.74, 6) is 0.170. The van der Waals surface area contributed by atoms with Crippen LogP contribution >= 0.6 is 11.3 Å². The maximum absolute atomic E-state index is 12.6. The van der Waals surface area contributed by atoms with E-state index in [0.717, 1.165) is 36.8 Å². The lowest BCUT2D eigenvalue weighted by Crippen LogP contribution is -2.45. The second-order valence-corrected chi connectivity index (χ2v) is 9.69. The number of thiazole rings is 1. The predicted octanol–water partition coefficient (Wildman–Crippen LogP) is 3.20. The van der Waals surface area contributed by atoms with Crippen LogP contribution in [-0.4, -0.2) is 65.2 Å². The number of benzene rings is 1. The molecule has 168 valence electrons. The van der Waals surface area contributed by atoms with Crippen LogP contribution < -0.4 is 0 Å². The van der Waals surface area contributed by atoms with Gasteiger partial charge in [0.1, 0.15) is 10.6 Å². The average Bonchev–Trinajstić information content (AvgIpc) is 3.44. The Hall–Kier alpha value is -1.80. The number of aromatic nitrogens is 1. The summed E-state index contributed by atoms with van der Waals surface area (Å²) in [5, 5.41) is 14.3. The van der Waals surface area contributed by atoms with Crippen LogP contribution in [0.25, 0.3) is 0 Å². The van der Waals surface area contributed by atoms with Gasteiger partial charge in [0.15, 0.2) is 0 Å². The van der Waals surface area contributed by atoms with Gasteiger partial charge in [0.25, 0.3) is 0 Å². The number of amides is 1. The molecule has 6 nitrogen and oxygen atoms in total. The molecule has 3 heterocycles. The van der Waals surface area contributed by atoms with Gasteiger partial charge in [0, 0.05) is 38.0 Å². The Kier molecular flexibility index (Phi) is 7.38. The van der Waals surface area contributed by atoms with E-state index >= 15 is 0 Å². The molecule has 0 bridgehead atoms. The Morgan fingerprint density at radius 3 is 2.77 bits per heavy atom. The maximum atomic E-state index is 12.6. The molecule has 31 heavy (non-hydrogen) atoms. The maximum Gasteiger partial charge on any atom is 0.222 e. The molecule has 2 fully saturated rings. The van der Waals surface area contributed by atoms with Gasteiger partial charge in [0.2, 0.25) is 5.91 Å². The molecule has 0 spiro atoms. The van der Waals surface area contributed by atoms with Crippen molar-refractivity contribution in [2.24, 2.45) is 0 Å². The summed E-state index contributed by atoms with van der Waals surface area (Å²) in [5.41, 5.74) is 1.03. The third kappa shape index (κ3) is 5.52. The second kappa shape index (κ2) is 10.2. The molecular formula is C24H33N3O3S. The molecular weight excluding hydrogens is 410 g/mol. The molecule has 2 aromatic rings. The van der Waals surface area contributed by atoms with Crippen molar-refractivity contribution in [2.75, 3.05) is 33.4 Å². The van der Waals surface area contributed by atoms with E-state index in [1.54, 1.807) is 18.4 Å². The van der Waals surface area contributed by atoms with Crippen molar-refractivity contribution >= 4 is 17.2 Å². The number of rotatable bonds is 8. The zero-order valence-electron chi connectivity index (χ0n) is 18.3. The van der Waals surface area contributed by atoms with Gasteiger partial charge < -0.3 is 14.7 Å². The van der Waals surface area contributed by atoms with E-state index < -0.39 is 5.60 Å². The number of carbonyl (C=O) groups is 1.